The molecule has 0 spiro atoms. The Hall–Kier alpha value is -2.77. The number of benzene rings is 2. The monoisotopic (exact) mass is 513 g/mol. The number of thioether (sulfide) groups is 1. The van der Waals surface area contributed by atoms with Crippen molar-refractivity contribution in [2.45, 2.75) is 43.8 Å². The highest BCUT2D eigenvalue weighted by Crippen LogP contribution is 2.46. The van der Waals surface area contributed by atoms with Crippen molar-refractivity contribution >= 4 is 41.2 Å². The van der Waals surface area contributed by atoms with Crippen molar-refractivity contribution in [2.24, 2.45) is 5.92 Å². The minimum atomic E-state index is -0.724. The average Bonchev–Trinajstić information content (AvgIpc) is 2.84. The summed E-state index contributed by atoms with van der Waals surface area (Å²) in [4.78, 5) is 39.0. The molecule has 2 aromatic rings. The molecule has 1 aliphatic carbocycles. The van der Waals surface area contributed by atoms with Crippen LogP contribution in [0.25, 0.3) is 0 Å². The number of Topliss-reactive ketones (excluding diaryl/α,β-unsaturated/α-hetero) is 1. The first-order chi connectivity index (χ1) is 16.7. The van der Waals surface area contributed by atoms with Crippen LogP contribution in [0.4, 0.5) is 4.79 Å². The Bertz CT molecular complexity index is 1090. The minimum absolute atomic E-state index is 0.124. The third-order valence-electron chi connectivity index (χ3n) is 5.90. The van der Waals surface area contributed by atoms with E-state index in [1.807, 2.05) is 60.7 Å². The Morgan fingerprint density at radius 1 is 1.06 bits per heavy atom. The number of alkyl carbamates (subject to hydrolysis) is 1. The second-order valence-corrected chi connectivity index (χ2v) is 11.0. The Kier molecular flexibility index (Phi) is 7.57. The van der Waals surface area contributed by atoms with Crippen LogP contribution in [0.15, 0.2) is 71.8 Å². The van der Waals surface area contributed by atoms with Gasteiger partial charge in [0.05, 0.1) is 11.5 Å². The number of fused-ring (bicyclic) bond motifs is 1. The van der Waals surface area contributed by atoms with Gasteiger partial charge in [0, 0.05) is 16.9 Å². The number of alkyl halides is 1. The molecule has 8 heteroatoms. The Labute approximate surface area is 214 Å². The second-order valence-electron chi connectivity index (χ2n) is 9.54. The van der Waals surface area contributed by atoms with Crippen molar-refractivity contribution in [3.05, 3.63) is 82.9 Å². The van der Waals surface area contributed by atoms with Crippen molar-refractivity contribution in [3.63, 3.8) is 0 Å². The van der Waals surface area contributed by atoms with Gasteiger partial charge in [-0.15, -0.1) is 11.6 Å². The van der Waals surface area contributed by atoms with Crippen molar-refractivity contribution < 1.29 is 23.9 Å². The number of nitrogens with one attached hydrogen (secondary N) is 1. The van der Waals surface area contributed by atoms with Gasteiger partial charge in [0.2, 0.25) is 0 Å². The van der Waals surface area contributed by atoms with Crippen molar-refractivity contribution in [1.29, 1.82) is 0 Å². The summed E-state index contributed by atoms with van der Waals surface area (Å²) in [6.07, 6.45) is -1.28. The highest BCUT2D eigenvalue weighted by Gasteiger charge is 2.57. The molecule has 1 N–H and O–H groups in total. The largest absolute Gasteiger partial charge is 0.449 e. The average molecular weight is 514 g/mol. The molecule has 6 nitrogen and oxygen atoms in total. The van der Waals surface area contributed by atoms with E-state index in [2.05, 4.69) is 5.32 Å². The zero-order chi connectivity index (χ0) is 25.2. The number of carbonyl (C=O) groups excluding carboxylic acids is 3. The first kappa shape index (κ1) is 25.3. The molecule has 0 bridgehead atoms. The lowest BCUT2D eigenvalue weighted by Gasteiger charge is -2.46. The molecule has 2 aliphatic rings. The number of ketones is 1. The zero-order valence-corrected chi connectivity index (χ0v) is 21.4. The van der Waals surface area contributed by atoms with Crippen LogP contribution in [0.2, 0.25) is 0 Å². The molecule has 1 heterocycles. The summed E-state index contributed by atoms with van der Waals surface area (Å²) in [5.41, 5.74) is 1.97. The van der Waals surface area contributed by atoms with E-state index in [1.54, 1.807) is 20.8 Å². The van der Waals surface area contributed by atoms with Crippen LogP contribution in [-0.2, 0) is 19.1 Å². The van der Waals surface area contributed by atoms with Crippen molar-refractivity contribution in [3.8, 4) is 0 Å². The van der Waals surface area contributed by atoms with Gasteiger partial charge in [-0.05, 0) is 37.5 Å². The number of amides is 1. The van der Waals surface area contributed by atoms with Crippen molar-refractivity contribution in [1.82, 2.24) is 5.32 Å². The highest BCUT2D eigenvalue weighted by molar-refractivity contribution is 8.00. The maximum Gasteiger partial charge on any atom is 0.408 e. The molecule has 4 rings (SSSR count). The van der Waals surface area contributed by atoms with Gasteiger partial charge in [-0.25, -0.2) is 9.59 Å². The van der Waals surface area contributed by atoms with Gasteiger partial charge in [0.25, 0.3) is 0 Å². The fourth-order valence-corrected chi connectivity index (χ4v) is 6.17. The molecule has 0 saturated heterocycles. The fraction of sp³-hybridized carbons (Fsp3) is 0.370. The molecule has 1 saturated carbocycles. The summed E-state index contributed by atoms with van der Waals surface area (Å²) >= 11 is 7.70. The van der Waals surface area contributed by atoms with Gasteiger partial charge in [-0.2, -0.15) is 11.8 Å². The topological polar surface area (TPSA) is 81.7 Å². The Morgan fingerprint density at radius 2 is 1.63 bits per heavy atom. The number of halogens is 1. The van der Waals surface area contributed by atoms with Crippen LogP contribution >= 0.6 is 23.4 Å². The molecule has 1 amide bonds. The summed E-state index contributed by atoms with van der Waals surface area (Å²) in [6, 6.07) is 18.2. The van der Waals surface area contributed by atoms with E-state index >= 15 is 0 Å². The van der Waals surface area contributed by atoms with E-state index in [0.717, 1.165) is 11.1 Å². The normalized spacial score (nSPS) is 21.7. The third-order valence-corrected chi connectivity index (χ3v) is 7.66. The fourth-order valence-electron chi connectivity index (χ4n) is 4.31. The lowest BCUT2D eigenvalue weighted by molar-refractivity contribution is -0.146. The van der Waals surface area contributed by atoms with Gasteiger partial charge in [-0.1, -0.05) is 60.7 Å². The van der Waals surface area contributed by atoms with Gasteiger partial charge < -0.3 is 14.8 Å². The predicted molar refractivity (Wildman–Crippen MR) is 136 cm³/mol. The van der Waals surface area contributed by atoms with Gasteiger partial charge in [-0.3, -0.25) is 4.79 Å². The summed E-state index contributed by atoms with van der Waals surface area (Å²) in [5, 5.41) is 2.39. The number of esters is 1. The molecule has 1 aliphatic heterocycles. The zero-order valence-electron chi connectivity index (χ0n) is 19.8. The lowest BCUT2D eigenvalue weighted by Crippen LogP contribution is -2.65. The SMILES string of the molecule is CC(C)(C)OC(=O)NC1C(=O)C2C(C(=O)OC(c3ccccc3)c3ccccc3)=C(CCl)CSC12. The maximum atomic E-state index is 13.6. The number of carbonyl (C=O) groups is 3. The summed E-state index contributed by atoms with van der Waals surface area (Å²) in [6.45, 7) is 5.27. The van der Waals surface area contributed by atoms with E-state index in [9.17, 15) is 14.4 Å². The van der Waals surface area contributed by atoms with Crippen LogP contribution in [0.5, 0.6) is 0 Å². The second kappa shape index (κ2) is 10.5. The molecule has 3 atom stereocenters. The molecule has 0 aromatic heterocycles. The van der Waals surface area contributed by atoms with Crippen LogP contribution in [-0.4, -0.2) is 46.4 Å². The molecular formula is C27H28ClNO5S. The number of hydrogen-bond acceptors (Lipinski definition) is 6. The van der Waals surface area contributed by atoms with Crippen LogP contribution in [0, 0.1) is 5.92 Å². The maximum absolute atomic E-state index is 13.6. The minimum Gasteiger partial charge on any atom is -0.449 e. The number of hydrogen-bond donors (Lipinski definition) is 1. The van der Waals surface area contributed by atoms with E-state index in [-0.39, 0.29) is 16.9 Å². The van der Waals surface area contributed by atoms with Gasteiger partial charge >= 0.3 is 12.1 Å². The standard InChI is InChI=1S/C27H28ClNO5S/c1-27(2,3)34-26(32)29-21-22(30)20-19(18(14-28)15-35-24(20)21)25(31)33-23(16-10-6-4-7-11-16)17-12-8-5-9-13-17/h4-13,20-21,23-24H,14-15H2,1-3H3,(H,29,32). The van der Waals surface area contributed by atoms with Crippen LogP contribution < -0.4 is 5.32 Å². The lowest BCUT2D eigenvalue weighted by atomic mass is 9.71. The first-order valence-electron chi connectivity index (χ1n) is 11.4. The van der Waals surface area contributed by atoms with E-state index < -0.39 is 35.7 Å². The Balaban J connectivity index is 1.57. The summed E-state index contributed by atoms with van der Waals surface area (Å²) < 4.78 is 11.4. The number of ether oxygens (including phenoxy) is 2. The molecular weight excluding hydrogens is 486 g/mol. The third kappa shape index (κ3) is 5.57. The van der Waals surface area contributed by atoms with Crippen molar-refractivity contribution in [2.75, 3.05) is 11.6 Å². The molecule has 0 radical (unpaired) electrons. The number of rotatable bonds is 6. The molecule has 35 heavy (non-hydrogen) atoms. The van der Waals surface area contributed by atoms with E-state index in [1.165, 1.54) is 11.8 Å². The van der Waals surface area contributed by atoms with Gasteiger partial charge in [0.15, 0.2) is 11.9 Å². The van der Waals surface area contributed by atoms with Gasteiger partial charge in [0.1, 0.15) is 11.6 Å². The molecule has 3 unspecified atom stereocenters. The quantitative estimate of drug-likeness (QED) is 0.429. The molecule has 1 fully saturated rings. The smallest absolute Gasteiger partial charge is 0.408 e. The first-order valence-corrected chi connectivity index (χ1v) is 13.0. The highest BCUT2D eigenvalue weighted by atomic mass is 35.5. The predicted octanol–water partition coefficient (Wildman–Crippen LogP) is 5.06. The van der Waals surface area contributed by atoms with E-state index in [0.29, 0.717) is 16.9 Å². The van der Waals surface area contributed by atoms with Crippen LogP contribution in [0.3, 0.4) is 0 Å². The Morgan fingerprint density at radius 3 is 2.14 bits per heavy atom. The molecule has 184 valence electrons. The van der Waals surface area contributed by atoms with E-state index in [4.69, 9.17) is 21.1 Å². The van der Waals surface area contributed by atoms with Crippen LogP contribution in [0.1, 0.15) is 38.0 Å². The summed E-state index contributed by atoms with van der Waals surface area (Å²) in [5.74, 6) is -0.867. The molecule has 2 aromatic carbocycles. The summed E-state index contributed by atoms with van der Waals surface area (Å²) in [7, 11) is 0.